The highest BCUT2D eigenvalue weighted by Gasteiger charge is 2.25. The molecule has 2 aliphatic rings. The van der Waals surface area contributed by atoms with Gasteiger partial charge in [-0.1, -0.05) is 17.7 Å². The van der Waals surface area contributed by atoms with Crippen LogP contribution >= 0.6 is 0 Å². The number of aliphatic hydroxyl groups excluding tert-OH is 1. The summed E-state index contributed by atoms with van der Waals surface area (Å²) in [7, 11) is 2.19. The lowest BCUT2D eigenvalue weighted by atomic mass is 10.0. The molecule has 2 aromatic rings. The number of hydrogen-bond donors (Lipinski definition) is 1. The maximum Gasteiger partial charge on any atom is 0.253 e. The van der Waals surface area contributed by atoms with Gasteiger partial charge in [-0.15, -0.1) is 0 Å². The SMILES string of the molecule is Cc1ccc(OCCN(C)C2CCN(c3ccc(C(=O)N4CCCC(O)C4)cc3)CC2)cc1. The van der Waals surface area contributed by atoms with E-state index in [4.69, 9.17) is 4.74 Å². The number of likely N-dealkylation sites (tertiary alicyclic amines) is 1. The van der Waals surface area contributed by atoms with Gasteiger partial charge in [-0.2, -0.15) is 0 Å². The second-order valence-electron chi connectivity index (χ2n) is 9.45. The summed E-state index contributed by atoms with van der Waals surface area (Å²) in [6, 6.07) is 16.8. The molecule has 0 aromatic heterocycles. The van der Waals surface area contributed by atoms with Crippen molar-refractivity contribution in [1.29, 1.82) is 0 Å². The van der Waals surface area contributed by atoms with E-state index in [9.17, 15) is 9.90 Å². The van der Waals surface area contributed by atoms with E-state index in [1.54, 1.807) is 4.90 Å². The van der Waals surface area contributed by atoms with Gasteiger partial charge in [0.2, 0.25) is 0 Å². The fourth-order valence-corrected chi connectivity index (χ4v) is 4.83. The first-order chi connectivity index (χ1) is 16.0. The Labute approximate surface area is 197 Å². The third-order valence-electron chi connectivity index (χ3n) is 6.98. The molecule has 2 saturated heterocycles. The maximum absolute atomic E-state index is 12.7. The normalized spacial score (nSPS) is 19.7. The van der Waals surface area contributed by atoms with Crippen molar-refractivity contribution in [3.8, 4) is 5.75 Å². The van der Waals surface area contributed by atoms with Crippen LogP contribution < -0.4 is 9.64 Å². The zero-order valence-corrected chi connectivity index (χ0v) is 19.9. The zero-order chi connectivity index (χ0) is 23.2. The van der Waals surface area contributed by atoms with Crippen molar-refractivity contribution in [3.05, 3.63) is 59.7 Å². The molecule has 6 heteroatoms. The molecule has 1 unspecified atom stereocenters. The van der Waals surface area contributed by atoms with E-state index in [1.165, 1.54) is 11.3 Å². The molecular formula is C27H37N3O3. The molecule has 6 nitrogen and oxygen atoms in total. The summed E-state index contributed by atoms with van der Waals surface area (Å²) in [4.78, 5) is 19.3. The van der Waals surface area contributed by atoms with Gasteiger partial charge in [-0.3, -0.25) is 9.69 Å². The van der Waals surface area contributed by atoms with Gasteiger partial charge in [0, 0.05) is 50.0 Å². The van der Waals surface area contributed by atoms with Crippen LogP contribution in [0.3, 0.4) is 0 Å². The number of benzene rings is 2. The average molecular weight is 452 g/mol. The predicted molar refractivity (Wildman–Crippen MR) is 132 cm³/mol. The Hall–Kier alpha value is -2.57. The number of β-amino-alcohol motifs (C(OH)–C–C–N with tert-alkyl or cyclic N) is 1. The minimum atomic E-state index is -0.393. The molecule has 0 bridgehead atoms. The molecule has 0 saturated carbocycles. The highest BCUT2D eigenvalue weighted by molar-refractivity contribution is 5.94. The van der Waals surface area contributed by atoms with Crippen LogP contribution in [-0.4, -0.2) is 79.3 Å². The molecule has 1 N–H and O–H groups in total. The first-order valence-corrected chi connectivity index (χ1v) is 12.2. The van der Waals surface area contributed by atoms with Crippen molar-refractivity contribution < 1.29 is 14.6 Å². The summed E-state index contributed by atoms with van der Waals surface area (Å²) < 4.78 is 5.90. The third-order valence-corrected chi connectivity index (χ3v) is 6.98. The summed E-state index contributed by atoms with van der Waals surface area (Å²) in [6.07, 6.45) is 3.50. The summed E-state index contributed by atoms with van der Waals surface area (Å²) in [5.74, 6) is 0.954. The van der Waals surface area contributed by atoms with Gasteiger partial charge in [0.05, 0.1) is 6.10 Å². The lowest BCUT2D eigenvalue weighted by molar-refractivity contribution is 0.0474. The number of piperidine rings is 2. The Morgan fingerprint density at radius 3 is 2.39 bits per heavy atom. The fourth-order valence-electron chi connectivity index (χ4n) is 4.83. The molecule has 2 aliphatic heterocycles. The van der Waals surface area contributed by atoms with Crippen LogP contribution in [0.15, 0.2) is 48.5 Å². The number of amides is 1. The molecule has 33 heavy (non-hydrogen) atoms. The summed E-state index contributed by atoms with van der Waals surface area (Å²) >= 11 is 0. The summed E-state index contributed by atoms with van der Waals surface area (Å²) in [5, 5.41) is 9.85. The summed E-state index contributed by atoms with van der Waals surface area (Å²) in [6.45, 7) is 6.90. The quantitative estimate of drug-likeness (QED) is 0.698. The number of ether oxygens (including phenoxy) is 1. The highest BCUT2D eigenvalue weighted by Crippen LogP contribution is 2.23. The van der Waals surface area contributed by atoms with Crippen LogP contribution in [-0.2, 0) is 0 Å². The van der Waals surface area contributed by atoms with Gasteiger partial charge in [0.1, 0.15) is 12.4 Å². The maximum atomic E-state index is 12.7. The minimum Gasteiger partial charge on any atom is -0.492 e. The monoisotopic (exact) mass is 451 g/mol. The molecule has 2 aromatic carbocycles. The molecule has 1 atom stereocenters. The van der Waals surface area contributed by atoms with Crippen molar-refractivity contribution >= 4 is 11.6 Å². The van der Waals surface area contributed by atoms with Crippen LogP contribution in [0.2, 0.25) is 0 Å². The van der Waals surface area contributed by atoms with Crippen molar-refractivity contribution in [1.82, 2.24) is 9.80 Å². The van der Waals surface area contributed by atoms with Gasteiger partial charge in [0.15, 0.2) is 0 Å². The minimum absolute atomic E-state index is 0.0217. The van der Waals surface area contributed by atoms with Crippen LogP contribution in [0.4, 0.5) is 5.69 Å². The Morgan fingerprint density at radius 2 is 1.73 bits per heavy atom. The van der Waals surface area contributed by atoms with Crippen LogP contribution in [0.5, 0.6) is 5.75 Å². The first kappa shape index (κ1) is 23.6. The van der Waals surface area contributed by atoms with E-state index >= 15 is 0 Å². The van der Waals surface area contributed by atoms with Crippen LogP contribution in [0.1, 0.15) is 41.6 Å². The van der Waals surface area contributed by atoms with Crippen LogP contribution in [0, 0.1) is 6.92 Å². The van der Waals surface area contributed by atoms with E-state index < -0.39 is 6.10 Å². The predicted octanol–water partition coefficient (Wildman–Crippen LogP) is 3.57. The molecule has 178 valence electrons. The number of carbonyl (C=O) groups is 1. The summed E-state index contributed by atoms with van der Waals surface area (Å²) in [5.41, 5.74) is 3.12. The number of aliphatic hydroxyl groups is 1. The number of carbonyl (C=O) groups excluding carboxylic acids is 1. The molecule has 0 aliphatic carbocycles. The molecule has 1 amide bonds. The molecule has 0 spiro atoms. The second kappa shape index (κ2) is 11.0. The average Bonchev–Trinajstić information content (AvgIpc) is 2.85. The lowest BCUT2D eigenvalue weighted by Gasteiger charge is -2.38. The topological polar surface area (TPSA) is 56.2 Å². The number of hydrogen-bond acceptors (Lipinski definition) is 5. The zero-order valence-electron chi connectivity index (χ0n) is 19.9. The first-order valence-electron chi connectivity index (χ1n) is 12.2. The van der Waals surface area contributed by atoms with E-state index in [0.29, 0.717) is 24.8 Å². The molecule has 4 rings (SSSR count). The van der Waals surface area contributed by atoms with E-state index in [0.717, 1.165) is 57.6 Å². The Bertz CT molecular complexity index is 892. The Kier molecular flexibility index (Phi) is 7.89. The van der Waals surface area contributed by atoms with Crippen molar-refractivity contribution in [2.24, 2.45) is 0 Å². The number of aryl methyl sites for hydroxylation is 1. The van der Waals surface area contributed by atoms with E-state index in [2.05, 4.69) is 48.0 Å². The van der Waals surface area contributed by atoms with Gasteiger partial charge in [0.25, 0.3) is 5.91 Å². The third kappa shape index (κ3) is 6.27. The number of nitrogens with zero attached hydrogens (tertiary/aromatic N) is 3. The fraction of sp³-hybridized carbons (Fsp3) is 0.519. The lowest BCUT2D eigenvalue weighted by Crippen LogP contribution is -2.44. The van der Waals surface area contributed by atoms with Gasteiger partial charge in [-0.05, 0) is 76.1 Å². The van der Waals surface area contributed by atoms with Crippen LogP contribution in [0.25, 0.3) is 0 Å². The molecule has 2 heterocycles. The van der Waals surface area contributed by atoms with Crippen molar-refractivity contribution in [3.63, 3.8) is 0 Å². The largest absolute Gasteiger partial charge is 0.492 e. The smallest absolute Gasteiger partial charge is 0.253 e. The number of rotatable bonds is 7. The molecular weight excluding hydrogens is 414 g/mol. The van der Waals surface area contributed by atoms with E-state index in [1.807, 2.05) is 24.3 Å². The molecule has 0 radical (unpaired) electrons. The Morgan fingerprint density at radius 1 is 1.03 bits per heavy atom. The van der Waals surface area contributed by atoms with Crippen molar-refractivity contribution in [2.75, 3.05) is 51.3 Å². The highest BCUT2D eigenvalue weighted by atomic mass is 16.5. The second-order valence-corrected chi connectivity index (χ2v) is 9.45. The van der Waals surface area contributed by atoms with Gasteiger partial charge in [-0.25, -0.2) is 0 Å². The number of anilines is 1. The van der Waals surface area contributed by atoms with E-state index in [-0.39, 0.29) is 5.91 Å². The van der Waals surface area contributed by atoms with Crippen molar-refractivity contribution in [2.45, 2.75) is 44.8 Å². The number of likely N-dealkylation sites (N-methyl/N-ethyl adjacent to an activating group) is 1. The van der Waals surface area contributed by atoms with Gasteiger partial charge >= 0.3 is 0 Å². The standard InChI is InChI=1S/C27H37N3O3/c1-21-5-11-26(12-6-21)33-19-18-28(2)23-13-16-29(17-14-23)24-9-7-22(8-10-24)27(32)30-15-3-4-25(31)20-30/h5-12,23,25,31H,3-4,13-20H2,1-2H3. The van der Waals surface area contributed by atoms with Gasteiger partial charge < -0.3 is 19.6 Å². The Balaban J connectivity index is 1.22. The molecule has 2 fully saturated rings.